The Morgan fingerprint density at radius 2 is 1.94 bits per heavy atom. The second kappa shape index (κ2) is 9.40. The van der Waals surface area contributed by atoms with Crippen LogP contribution in [0.25, 0.3) is 0 Å². The highest BCUT2D eigenvalue weighted by molar-refractivity contribution is 5.93. The van der Waals surface area contributed by atoms with Gasteiger partial charge < -0.3 is 14.7 Å². The van der Waals surface area contributed by atoms with Crippen molar-refractivity contribution >= 4 is 11.8 Å². The maximum Gasteiger partial charge on any atom is 0.326 e. The first-order valence-electron chi connectivity index (χ1n) is 11.0. The monoisotopic (exact) mass is 435 g/mol. The molecule has 0 saturated heterocycles. The van der Waals surface area contributed by atoms with Crippen molar-refractivity contribution < 1.29 is 14.6 Å². The summed E-state index contributed by atoms with van der Waals surface area (Å²) < 4.78 is 8.20. The molecule has 0 bridgehead atoms. The summed E-state index contributed by atoms with van der Waals surface area (Å²) in [6.45, 7) is 5.05. The Labute approximate surface area is 188 Å². The molecule has 0 spiro atoms. The molecule has 0 fully saturated rings. The van der Waals surface area contributed by atoms with E-state index in [1.807, 2.05) is 54.0 Å². The SMILES string of the molecule is CCc1ccc(Oc2nc3c(n2Cc2ccccn2)C(C)N(CCCO)C(=O)N3C)cc1. The molecular formula is C24H29N5O3. The predicted octanol–water partition coefficient (Wildman–Crippen LogP) is 4.00. The summed E-state index contributed by atoms with van der Waals surface area (Å²) in [7, 11) is 1.72. The molecule has 1 aliphatic rings. The summed E-state index contributed by atoms with van der Waals surface area (Å²) in [5.74, 6) is 1.27. The third kappa shape index (κ3) is 4.18. The maximum absolute atomic E-state index is 13.0. The molecule has 8 nitrogen and oxygen atoms in total. The minimum Gasteiger partial charge on any atom is -0.425 e. The topological polar surface area (TPSA) is 83.7 Å². The number of amides is 2. The summed E-state index contributed by atoms with van der Waals surface area (Å²) in [6, 6.07) is 13.8. The molecule has 1 atom stereocenters. The summed E-state index contributed by atoms with van der Waals surface area (Å²) in [6.07, 6.45) is 3.23. The molecule has 2 amide bonds. The number of aliphatic hydroxyl groups excluding tert-OH is 1. The van der Waals surface area contributed by atoms with Gasteiger partial charge in [0.1, 0.15) is 5.75 Å². The number of rotatable bonds is 8. The van der Waals surface area contributed by atoms with E-state index < -0.39 is 0 Å². The van der Waals surface area contributed by atoms with Crippen molar-refractivity contribution in [3.63, 3.8) is 0 Å². The van der Waals surface area contributed by atoms with Gasteiger partial charge in [-0.05, 0) is 49.6 Å². The molecule has 3 heterocycles. The van der Waals surface area contributed by atoms with E-state index >= 15 is 0 Å². The third-order valence-corrected chi connectivity index (χ3v) is 5.81. The van der Waals surface area contributed by atoms with Crippen LogP contribution in [0, 0.1) is 0 Å². The van der Waals surface area contributed by atoms with Crippen molar-refractivity contribution in [1.82, 2.24) is 19.4 Å². The number of hydrogen-bond acceptors (Lipinski definition) is 5. The number of benzene rings is 1. The standard InChI is InChI=1S/C24H29N5O3/c1-4-18-9-11-20(12-10-18)32-23-26-22-21(29(23)16-19-8-5-6-13-25-19)17(2)28(14-7-15-30)24(31)27(22)3/h5-6,8-13,17,30H,4,7,14-16H2,1-3H3. The van der Waals surface area contributed by atoms with Gasteiger partial charge in [-0.1, -0.05) is 25.1 Å². The molecule has 0 radical (unpaired) electrons. The van der Waals surface area contributed by atoms with Crippen molar-refractivity contribution in [3.8, 4) is 11.8 Å². The molecule has 8 heteroatoms. The number of ether oxygens (including phenoxy) is 1. The Balaban J connectivity index is 1.77. The number of hydrogen-bond donors (Lipinski definition) is 1. The van der Waals surface area contributed by atoms with Crippen molar-refractivity contribution in [3.05, 3.63) is 65.6 Å². The Morgan fingerprint density at radius 3 is 2.59 bits per heavy atom. The minimum atomic E-state index is -0.226. The predicted molar refractivity (Wildman–Crippen MR) is 122 cm³/mol. The maximum atomic E-state index is 13.0. The van der Waals surface area contributed by atoms with Crippen LogP contribution in [-0.2, 0) is 13.0 Å². The number of anilines is 1. The molecule has 0 aliphatic carbocycles. The Bertz CT molecular complexity index is 1070. The van der Waals surface area contributed by atoms with Gasteiger partial charge in [0.05, 0.1) is 24.0 Å². The average molecular weight is 436 g/mol. The lowest BCUT2D eigenvalue weighted by atomic mass is 10.1. The van der Waals surface area contributed by atoms with Gasteiger partial charge >= 0.3 is 12.0 Å². The molecular weight excluding hydrogens is 406 g/mol. The fourth-order valence-corrected chi connectivity index (χ4v) is 4.00. The first kappa shape index (κ1) is 21.8. The van der Waals surface area contributed by atoms with Gasteiger partial charge in [0, 0.05) is 26.4 Å². The molecule has 4 rings (SSSR count). The molecule has 3 aromatic rings. The van der Waals surface area contributed by atoms with Gasteiger partial charge in [-0.2, -0.15) is 4.98 Å². The van der Waals surface area contributed by atoms with E-state index in [1.165, 1.54) is 5.56 Å². The number of fused-ring (bicyclic) bond motifs is 1. The number of carbonyl (C=O) groups excluding carboxylic acids is 1. The number of aryl methyl sites for hydroxylation is 1. The summed E-state index contributed by atoms with van der Waals surface area (Å²) >= 11 is 0. The van der Waals surface area contributed by atoms with Crippen molar-refractivity contribution in [2.24, 2.45) is 0 Å². The van der Waals surface area contributed by atoms with Crippen molar-refractivity contribution in [2.75, 3.05) is 25.1 Å². The van der Waals surface area contributed by atoms with Gasteiger partial charge in [-0.25, -0.2) is 4.79 Å². The van der Waals surface area contributed by atoms with Crippen LogP contribution in [0.2, 0.25) is 0 Å². The van der Waals surface area contributed by atoms with Crippen LogP contribution in [0.15, 0.2) is 48.7 Å². The second-order valence-electron chi connectivity index (χ2n) is 7.90. The van der Waals surface area contributed by atoms with Crippen LogP contribution in [0.4, 0.5) is 10.6 Å². The molecule has 0 saturated carbocycles. The fraction of sp³-hybridized carbons (Fsp3) is 0.375. The van der Waals surface area contributed by atoms with Crippen LogP contribution in [0.1, 0.15) is 43.3 Å². The van der Waals surface area contributed by atoms with Gasteiger partial charge in [0.15, 0.2) is 5.82 Å². The zero-order chi connectivity index (χ0) is 22.7. The summed E-state index contributed by atoms with van der Waals surface area (Å²) in [5, 5.41) is 9.29. The van der Waals surface area contributed by atoms with Gasteiger partial charge in [0.25, 0.3) is 0 Å². The molecule has 1 unspecified atom stereocenters. The lowest BCUT2D eigenvalue weighted by Crippen LogP contribution is -2.48. The van der Waals surface area contributed by atoms with Gasteiger partial charge in [-0.3, -0.25) is 14.5 Å². The molecule has 1 aliphatic heterocycles. The van der Waals surface area contributed by atoms with E-state index in [0.29, 0.717) is 37.1 Å². The highest BCUT2D eigenvalue weighted by Crippen LogP contribution is 2.39. The zero-order valence-corrected chi connectivity index (χ0v) is 18.7. The van der Waals surface area contributed by atoms with Gasteiger partial charge in [-0.15, -0.1) is 0 Å². The highest BCUT2D eigenvalue weighted by Gasteiger charge is 2.38. The van der Waals surface area contributed by atoms with E-state index in [1.54, 1.807) is 23.0 Å². The van der Waals surface area contributed by atoms with Crippen LogP contribution in [-0.4, -0.2) is 50.8 Å². The fourth-order valence-electron chi connectivity index (χ4n) is 4.00. The third-order valence-electron chi connectivity index (χ3n) is 5.81. The Morgan fingerprint density at radius 1 is 1.16 bits per heavy atom. The van der Waals surface area contributed by atoms with Crippen molar-refractivity contribution in [1.29, 1.82) is 0 Å². The number of imidazole rings is 1. The lowest BCUT2D eigenvalue weighted by molar-refractivity contribution is 0.170. The zero-order valence-electron chi connectivity index (χ0n) is 18.7. The Hall–Kier alpha value is -3.39. The molecule has 1 aromatic carbocycles. The number of carbonyl (C=O) groups is 1. The second-order valence-corrected chi connectivity index (χ2v) is 7.90. The Kier molecular flexibility index (Phi) is 6.41. The lowest BCUT2D eigenvalue weighted by Gasteiger charge is -2.38. The largest absolute Gasteiger partial charge is 0.425 e. The molecule has 32 heavy (non-hydrogen) atoms. The van der Waals surface area contributed by atoms with E-state index in [9.17, 15) is 9.90 Å². The summed E-state index contributed by atoms with van der Waals surface area (Å²) in [4.78, 5) is 25.5. The van der Waals surface area contributed by atoms with E-state index in [0.717, 1.165) is 17.8 Å². The quantitative estimate of drug-likeness (QED) is 0.578. The van der Waals surface area contributed by atoms with E-state index in [4.69, 9.17) is 9.72 Å². The number of pyridine rings is 1. The highest BCUT2D eigenvalue weighted by atomic mass is 16.5. The number of nitrogens with zero attached hydrogens (tertiary/aromatic N) is 5. The number of aliphatic hydroxyl groups is 1. The van der Waals surface area contributed by atoms with Gasteiger partial charge in [0.2, 0.25) is 0 Å². The molecule has 2 aromatic heterocycles. The van der Waals surface area contributed by atoms with E-state index in [2.05, 4.69) is 11.9 Å². The van der Waals surface area contributed by atoms with Crippen molar-refractivity contribution in [2.45, 2.75) is 39.3 Å². The minimum absolute atomic E-state index is 0.0301. The molecule has 1 N–H and O–H groups in total. The first-order valence-corrected chi connectivity index (χ1v) is 11.0. The number of urea groups is 1. The van der Waals surface area contributed by atoms with Crippen LogP contribution < -0.4 is 9.64 Å². The van der Waals surface area contributed by atoms with Crippen LogP contribution >= 0.6 is 0 Å². The van der Waals surface area contributed by atoms with Crippen LogP contribution in [0.5, 0.6) is 11.8 Å². The molecule has 168 valence electrons. The first-order chi connectivity index (χ1) is 15.5. The normalized spacial score (nSPS) is 15.8. The van der Waals surface area contributed by atoms with E-state index in [-0.39, 0.29) is 18.7 Å². The summed E-state index contributed by atoms with van der Waals surface area (Å²) in [5.41, 5.74) is 2.98. The van der Waals surface area contributed by atoms with Crippen LogP contribution in [0.3, 0.4) is 0 Å². The smallest absolute Gasteiger partial charge is 0.326 e. The number of aromatic nitrogens is 3. The average Bonchev–Trinajstić information content (AvgIpc) is 3.17.